The molecular formula is C17H25N3. The van der Waals surface area contributed by atoms with Gasteiger partial charge in [-0.05, 0) is 51.8 Å². The van der Waals surface area contributed by atoms with Gasteiger partial charge >= 0.3 is 0 Å². The first-order valence-corrected chi connectivity index (χ1v) is 7.36. The van der Waals surface area contributed by atoms with E-state index in [-0.39, 0.29) is 0 Å². The molecule has 1 aromatic heterocycles. The summed E-state index contributed by atoms with van der Waals surface area (Å²) in [6.45, 7) is 7.37. The number of aromatic nitrogens is 2. The predicted molar refractivity (Wildman–Crippen MR) is 84.1 cm³/mol. The summed E-state index contributed by atoms with van der Waals surface area (Å²) in [7, 11) is 2.04. The molecule has 1 N–H and O–H groups in total. The van der Waals surface area contributed by atoms with Crippen molar-refractivity contribution in [3.8, 4) is 0 Å². The Morgan fingerprint density at radius 2 is 1.75 bits per heavy atom. The lowest BCUT2D eigenvalue weighted by molar-refractivity contribution is 0.555. The second-order valence-corrected chi connectivity index (χ2v) is 5.59. The Kier molecular flexibility index (Phi) is 4.96. The van der Waals surface area contributed by atoms with Crippen LogP contribution in [-0.2, 0) is 19.4 Å². The Bertz CT molecular complexity index is 537. The summed E-state index contributed by atoms with van der Waals surface area (Å²) in [4.78, 5) is 0. The van der Waals surface area contributed by atoms with Gasteiger partial charge < -0.3 is 5.32 Å². The first-order valence-electron chi connectivity index (χ1n) is 7.36. The molecule has 2 rings (SSSR count). The minimum atomic E-state index is 0.450. The average molecular weight is 271 g/mol. The summed E-state index contributed by atoms with van der Waals surface area (Å²) in [5.41, 5.74) is 5.39. The predicted octanol–water partition coefficient (Wildman–Crippen LogP) is 2.89. The number of likely N-dealkylation sites (N-methyl/N-ethyl adjacent to an activating group) is 1. The number of rotatable bonds is 6. The SMILES string of the molecule is CCn1cc(CC(Cc2cc(C)cc(C)c2)NC)cn1. The van der Waals surface area contributed by atoms with E-state index in [4.69, 9.17) is 0 Å². The van der Waals surface area contributed by atoms with Crippen LogP contribution in [0.3, 0.4) is 0 Å². The molecule has 0 saturated heterocycles. The van der Waals surface area contributed by atoms with Gasteiger partial charge in [-0.15, -0.1) is 0 Å². The molecule has 0 aliphatic heterocycles. The van der Waals surface area contributed by atoms with E-state index in [9.17, 15) is 0 Å². The third-order valence-corrected chi connectivity index (χ3v) is 3.66. The van der Waals surface area contributed by atoms with E-state index in [1.165, 1.54) is 22.3 Å². The highest BCUT2D eigenvalue weighted by Gasteiger charge is 2.10. The molecule has 3 heteroatoms. The first kappa shape index (κ1) is 14.8. The van der Waals surface area contributed by atoms with E-state index in [0.717, 1.165) is 19.4 Å². The maximum absolute atomic E-state index is 4.35. The summed E-state index contributed by atoms with van der Waals surface area (Å²) >= 11 is 0. The number of hydrogen-bond acceptors (Lipinski definition) is 2. The third-order valence-electron chi connectivity index (χ3n) is 3.66. The summed E-state index contributed by atoms with van der Waals surface area (Å²) in [5.74, 6) is 0. The molecule has 20 heavy (non-hydrogen) atoms. The van der Waals surface area contributed by atoms with Gasteiger partial charge in [-0.25, -0.2) is 0 Å². The lowest BCUT2D eigenvalue weighted by Crippen LogP contribution is -2.29. The molecular weight excluding hydrogens is 246 g/mol. The second kappa shape index (κ2) is 6.71. The molecule has 0 fully saturated rings. The van der Waals surface area contributed by atoms with Gasteiger partial charge in [0.05, 0.1) is 6.20 Å². The van der Waals surface area contributed by atoms with Gasteiger partial charge in [-0.3, -0.25) is 4.68 Å². The zero-order chi connectivity index (χ0) is 14.5. The number of hydrogen-bond donors (Lipinski definition) is 1. The van der Waals surface area contributed by atoms with Crippen molar-refractivity contribution in [3.63, 3.8) is 0 Å². The monoisotopic (exact) mass is 271 g/mol. The Morgan fingerprint density at radius 1 is 1.10 bits per heavy atom. The van der Waals surface area contributed by atoms with Crippen LogP contribution >= 0.6 is 0 Å². The number of nitrogens with one attached hydrogen (secondary N) is 1. The fourth-order valence-corrected chi connectivity index (χ4v) is 2.72. The van der Waals surface area contributed by atoms with E-state index in [2.05, 4.69) is 55.6 Å². The van der Waals surface area contributed by atoms with Gasteiger partial charge in [0.25, 0.3) is 0 Å². The molecule has 1 unspecified atom stereocenters. The Balaban J connectivity index is 2.04. The second-order valence-electron chi connectivity index (χ2n) is 5.59. The smallest absolute Gasteiger partial charge is 0.0522 e. The van der Waals surface area contributed by atoms with Crippen molar-refractivity contribution in [2.45, 2.75) is 46.2 Å². The molecule has 0 aliphatic carbocycles. The summed E-state index contributed by atoms with van der Waals surface area (Å²) in [5, 5.41) is 7.77. The molecule has 0 saturated carbocycles. The van der Waals surface area contributed by atoms with Gasteiger partial charge in [0.1, 0.15) is 0 Å². The quantitative estimate of drug-likeness (QED) is 0.875. The summed E-state index contributed by atoms with van der Waals surface area (Å²) in [6, 6.07) is 7.24. The summed E-state index contributed by atoms with van der Waals surface area (Å²) < 4.78 is 1.98. The normalized spacial score (nSPS) is 12.6. The topological polar surface area (TPSA) is 29.9 Å². The fourth-order valence-electron chi connectivity index (χ4n) is 2.72. The maximum atomic E-state index is 4.35. The highest BCUT2D eigenvalue weighted by Crippen LogP contribution is 2.13. The minimum absolute atomic E-state index is 0.450. The molecule has 2 aromatic rings. The van der Waals surface area contributed by atoms with Crippen LogP contribution in [0.15, 0.2) is 30.6 Å². The van der Waals surface area contributed by atoms with Gasteiger partial charge in [0, 0.05) is 18.8 Å². The van der Waals surface area contributed by atoms with Crippen molar-refractivity contribution < 1.29 is 0 Å². The molecule has 0 bridgehead atoms. The highest BCUT2D eigenvalue weighted by atomic mass is 15.3. The number of aryl methyl sites for hydroxylation is 3. The van der Waals surface area contributed by atoms with Crippen LogP contribution in [0.4, 0.5) is 0 Å². The van der Waals surface area contributed by atoms with Crippen LogP contribution in [0.2, 0.25) is 0 Å². The van der Waals surface area contributed by atoms with Crippen LogP contribution in [0.25, 0.3) is 0 Å². The van der Waals surface area contributed by atoms with Crippen molar-refractivity contribution in [1.29, 1.82) is 0 Å². The van der Waals surface area contributed by atoms with E-state index in [1.807, 2.05) is 17.9 Å². The molecule has 1 aromatic carbocycles. The Labute approximate surface area is 122 Å². The molecule has 0 spiro atoms. The van der Waals surface area contributed by atoms with Gasteiger partial charge in [-0.2, -0.15) is 5.10 Å². The number of benzene rings is 1. The molecule has 0 amide bonds. The van der Waals surface area contributed by atoms with E-state index >= 15 is 0 Å². The Hall–Kier alpha value is -1.61. The van der Waals surface area contributed by atoms with E-state index in [0.29, 0.717) is 6.04 Å². The third kappa shape index (κ3) is 3.94. The Morgan fingerprint density at radius 3 is 2.30 bits per heavy atom. The van der Waals surface area contributed by atoms with Crippen LogP contribution in [-0.4, -0.2) is 22.9 Å². The molecule has 0 aliphatic rings. The maximum Gasteiger partial charge on any atom is 0.0522 e. The first-order chi connectivity index (χ1) is 9.60. The van der Waals surface area contributed by atoms with Crippen molar-refractivity contribution in [3.05, 3.63) is 52.8 Å². The van der Waals surface area contributed by atoms with Gasteiger partial charge in [0.2, 0.25) is 0 Å². The number of nitrogens with zero attached hydrogens (tertiary/aromatic N) is 2. The van der Waals surface area contributed by atoms with Crippen molar-refractivity contribution in [2.75, 3.05) is 7.05 Å². The standard InChI is InChI=1S/C17H25N3/c1-5-20-12-16(11-19-20)10-17(18-4)9-15-7-13(2)6-14(3)8-15/h6-8,11-12,17-18H,5,9-10H2,1-4H3. The van der Waals surface area contributed by atoms with Crippen LogP contribution in [0.5, 0.6) is 0 Å². The van der Waals surface area contributed by atoms with E-state index < -0.39 is 0 Å². The lowest BCUT2D eigenvalue weighted by atomic mass is 9.98. The van der Waals surface area contributed by atoms with Crippen molar-refractivity contribution in [2.24, 2.45) is 0 Å². The largest absolute Gasteiger partial charge is 0.316 e. The van der Waals surface area contributed by atoms with Gasteiger partial charge in [0.15, 0.2) is 0 Å². The highest BCUT2D eigenvalue weighted by molar-refractivity contribution is 5.29. The lowest BCUT2D eigenvalue weighted by Gasteiger charge is -2.16. The van der Waals surface area contributed by atoms with Crippen LogP contribution in [0, 0.1) is 13.8 Å². The zero-order valence-corrected chi connectivity index (χ0v) is 13.0. The molecule has 108 valence electrons. The van der Waals surface area contributed by atoms with Crippen molar-refractivity contribution >= 4 is 0 Å². The molecule has 0 radical (unpaired) electrons. The van der Waals surface area contributed by atoms with Crippen LogP contribution in [0.1, 0.15) is 29.2 Å². The van der Waals surface area contributed by atoms with Crippen molar-refractivity contribution in [1.82, 2.24) is 15.1 Å². The minimum Gasteiger partial charge on any atom is -0.316 e. The fraction of sp³-hybridized carbons (Fsp3) is 0.471. The summed E-state index contributed by atoms with van der Waals surface area (Å²) in [6.07, 6.45) is 6.20. The molecule has 1 atom stereocenters. The molecule has 1 heterocycles. The van der Waals surface area contributed by atoms with Crippen LogP contribution < -0.4 is 5.32 Å². The van der Waals surface area contributed by atoms with E-state index in [1.54, 1.807) is 0 Å². The van der Waals surface area contributed by atoms with Gasteiger partial charge in [-0.1, -0.05) is 29.3 Å². The zero-order valence-electron chi connectivity index (χ0n) is 13.0. The molecule has 3 nitrogen and oxygen atoms in total. The average Bonchev–Trinajstić information content (AvgIpc) is 2.84.